The lowest BCUT2D eigenvalue weighted by Crippen LogP contribution is -2.35. The molecule has 0 aromatic rings. The van der Waals surface area contributed by atoms with Crippen LogP contribution in [0.1, 0.15) is 44.9 Å². The van der Waals surface area contributed by atoms with Crippen molar-refractivity contribution >= 4 is 0 Å². The lowest BCUT2D eigenvalue weighted by Gasteiger charge is -2.40. The van der Waals surface area contributed by atoms with Gasteiger partial charge in [0.1, 0.15) is 0 Å². The van der Waals surface area contributed by atoms with Gasteiger partial charge in [-0.3, -0.25) is 0 Å². The fraction of sp³-hybridized carbons (Fsp3) is 1.00. The second-order valence-electron chi connectivity index (χ2n) is 7.74. The number of ether oxygens (including phenoxy) is 2. The van der Waals surface area contributed by atoms with Crippen LogP contribution in [0.2, 0.25) is 0 Å². The fourth-order valence-corrected chi connectivity index (χ4v) is 6.24. The minimum atomic E-state index is 0.613. The molecule has 100 valence electrons. The zero-order valence-corrected chi connectivity index (χ0v) is 11.1. The highest BCUT2D eigenvalue weighted by atomic mass is 16.6. The van der Waals surface area contributed by atoms with Crippen LogP contribution in [-0.2, 0) is 9.47 Å². The van der Waals surface area contributed by atoms with Crippen molar-refractivity contribution in [2.75, 3.05) is 13.2 Å². The number of hydrogen-bond donors (Lipinski definition) is 0. The molecule has 5 aliphatic rings. The maximum absolute atomic E-state index is 5.59. The first kappa shape index (κ1) is 10.7. The second-order valence-corrected chi connectivity index (χ2v) is 7.74. The number of rotatable bonds is 4. The summed E-state index contributed by atoms with van der Waals surface area (Å²) in [6.07, 6.45) is 11.6. The van der Waals surface area contributed by atoms with Gasteiger partial charge in [-0.2, -0.15) is 0 Å². The van der Waals surface area contributed by atoms with Crippen LogP contribution in [0.5, 0.6) is 0 Å². The molecule has 6 atom stereocenters. The van der Waals surface area contributed by atoms with E-state index in [9.17, 15) is 0 Å². The van der Waals surface area contributed by atoms with E-state index in [0.717, 1.165) is 36.9 Å². The van der Waals surface area contributed by atoms with E-state index < -0.39 is 0 Å². The molecule has 2 saturated heterocycles. The first-order valence-corrected chi connectivity index (χ1v) is 8.07. The van der Waals surface area contributed by atoms with Gasteiger partial charge in [-0.05, 0) is 74.0 Å². The summed E-state index contributed by atoms with van der Waals surface area (Å²) in [6.45, 7) is 2.08. The first-order chi connectivity index (χ1) is 8.84. The van der Waals surface area contributed by atoms with Gasteiger partial charge >= 0.3 is 0 Å². The molecular formula is C16H24O2. The summed E-state index contributed by atoms with van der Waals surface area (Å²) in [5, 5.41) is 0. The van der Waals surface area contributed by atoms with Crippen molar-refractivity contribution < 1.29 is 9.47 Å². The lowest BCUT2D eigenvalue weighted by atomic mass is 9.64. The van der Waals surface area contributed by atoms with Gasteiger partial charge in [-0.25, -0.2) is 0 Å². The molecule has 0 spiro atoms. The van der Waals surface area contributed by atoms with Crippen molar-refractivity contribution in [3.05, 3.63) is 0 Å². The Balaban J connectivity index is 1.45. The monoisotopic (exact) mass is 248 g/mol. The van der Waals surface area contributed by atoms with Gasteiger partial charge in [0.2, 0.25) is 0 Å². The lowest BCUT2D eigenvalue weighted by molar-refractivity contribution is 0.0741. The molecular weight excluding hydrogens is 224 g/mol. The highest BCUT2D eigenvalue weighted by Gasteiger charge is 2.61. The van der Waals surface area contributed by atoms with Crippen LogP contribution in [0, 0.1) is 29.1 Å². The van der Waals surface area contributed by atoms with Crippen LogP contribution in [0.3, 0.4) is 0 Å². The summed E-state index contributed by atoms with van der Waals surface area (Å²) >= 11 is 0. The fourth-order valence-electron chi connectivity index (χ4n) is 6.24. The van der Waals surface area contributed by atoms with Crippen LogP contribution in [0.15, 0.2) is 0 Å². The zero-order valence-electron chi connectivity index (χ0n) is 11.1. The quantitative estimate of drug-likeness (QED) is 0.715. The predicted octanol–water partition coefficient (Wildman–Crippen LogP) is 3.01. The average molecular weight is 248 g/mol. The minimum absolute atomic E-state index is 0.613. The van der Waals surface area contributed by atoms with E-state index in [4.69, 9.17) is 9.47 Å². The molecule has 6 unspecified atom stereocenters. The Labute approximate surface area is 109 Å². The third kappa shape index (κ3) is 1.48. The number of hydrogen-bond acceptors (Lipinski definition) is 2. The van der Waals surface area contributed by atoms with E-state index in [0.29, 0.717) is 17.6 Å². The molecule has 2 heteroatoms. The van der Waals surface area contributed by atoms with Crippen molar-refractivity contribution in [2.45, 2.75) is 57.2 Å². The van der Waals surface area contributed by atoms with E-state index >= 15 is 0 Å². The summed E-state index contributed by atoms with van der Waals surface area (Å²) in [6, 6.07) is 0. The second kappa shape index (κ2) is 3.52. The molecule has 3 saturated carbocycles. The summed E-state index contributed by atoms with van der Waals surface area (Å²) in [5.41, 5.74) is 0.618. The molecule has 2 heterocycles. The van der Waals surface area contributed by atoms with Gasteiger partial charge in [0, 0.05) is 0 Å². The third-order valence-corrected chi connectivity index (χ3v) is 6.84. The Kier molecular flexibility index (Phi) is 2.09. The van der Waals surface area contributed by atoms with E-state index in [1.165, 1.54) is 32.1 Å². The van der Waals surface area contributed by atoms with Gasteiger partial charge in [0.15, 0.2) is 0 Å². The molecule has 0 radical (unpaired) electrons. The topological polar surface area (TPSA) is 25.1 Å². The van der Waals surface area contributed by atoms with Crippen LogP contribution in [-0.4, -0.2) is 25.4 Å². The van der Waals surface area contributed by atoms with Crippen LogP contribution < -0.4 is 0 Å². The van der Waals surface area contributed by atoms with Crippen molar-refractivity contribution in [2.24, 2.45) is 29.1 Å². The number of epoxide rings is 2. The molecule has 18 heavy (non-hydrogen) atoms. The Hall–Kier alpha value is -0.0800. The standard InChI is InChI=1S/C16H24O2/c1-2-11-5-10(1)14-3-4-16(15(11)14,6-12-8-17-12)7-13-9-18-13/h10-15H,1-9H2. The van der Waals surface area contributed by atoms with Crippen molar-refractivity contribution in [1.82, 2.24) is 0 Å². The molecule has 2 aliphatic heterocycles. The Morgan fingerprint density at radius 3 is 2.22 bits per heavy atom. The van der Waals surface area contributed by atoms with Gasteiger partial charge in [-0.1, -0.05) is 0 Å². The van der Waals surface area contributed by atoms with E-state index in [2.05, 4.69) is 0 Å². The molecule has 3 aliphatic carbocycles. The van der Waals surface area contributed by atoms with E-state index in [1.54, 1.807) is 12.8 Å². The molecule has 5 rings (SSSR count). The summed E-state index contributed by atoms with van der Waals surface area (Å²) in [7, 11) is 0. The van der Waals surface area contributed by atoms with Crippen molar-refractivity contribution in [3.8, 4) is 0 Å². The largest absolute Gasteiger partial charge is 0.373 e. The normalized spacial score (nSPS) is 60.0. The SMILES string of the molecule is C1OC1CC1(CC2CO2)CCC2C3CCC(C3)C21. The third-order valence-electron chi connectivity index (χ3n) is 6.84. The minimum Gasteiger partial charge on any atom is -0.373 e. The van der Waals surface area contributed by atoms with Crippen LogP contribution in [0.25, 0.3) is 0 Å². The van der Waals surface area contributed by atoms with Gasteiger partial charge < -0.3 is 9.47 Å². The Morgan fingerprint density at radius 1 is 0.889 bits per heavy atom. The highest BCUT2D eigenvalue weighted by molar-refractivity contribution is 5.10. The van der Waals surface area contributed by atoms with Gasteiger partial charge in [-0.15, -0.1) is 0 Å². The van der Waals surface area contributed by atoms with Crippen molar-refractivity contribution in [3.63, 3.8) is 0 Å². The Morgan fingerprint density at radius 2 is 1.56 bits per heavy atom. The van der Waals surface area contributed by atoms with Gasteiger partial charge in [0.25, 0.3) is 0 Å². The predicted molar refractivity (Wildman–Crippen MR) is 68.2 cm³/mol. The number of fused-ring (bicyclic) bond motifs is 5. The van der Waals surface area contributed by atoms with E-state index in [-0.39, 0.29) is 0 Å². The maximum Gasteiger partial charge on any atom is 0.0815 e. The first-order valence-electron chi connectivity index (χ1n) is 8.07. The molecule has 2 nitrogen and oxygen atoms in total. The van der Waals surface area contributed by atoms with E-state index in [1.807, 2.05) is 0 Å². The Bertz CT molecular complexity index is 344. The molecule has 0 aromatic carbocycles. The maximum atomic E-state index is 5.59. The molecule has 0 N–H and O–H groups in total. The highest BCUT2D eigenvalue weighted by Crippen LogP contribution is 2.68. The smallest absolute Gasteiger partial charge is 0.0815 e. The summed E-state index contributed by atoms with van der Waals surface area (Å²) in [4.78, 5) is 0. The zero-order chi connectivity index (χ0) is 11.7. The van der Waals surface area contributed by atoms with Crippen LogP contribution >= 0.6 is 0 Å². The van der Waals surface area contributed by atoms with Crippen LogP contribution in [0.4, 0.5) is 0 Å². The van der Waals surface area contributed by atoms with Crippen molar-refractivity contribution in [1.29, 1.82) is 0 Å². The molecule has 5 fully saturated rings. The summed E-state index contributed by atoms with van der Waals surface area (Å²) < 4.78 is 11.2. The molecule has 2 bridgehead atoms. The molecule has 0 amide bonds. The summed E-state index contributed by atoms with van der Waals surface area (Å²) in [5.74, 6) is 4.30. The van der Waals surface area contributed by atoms with Gasteiger partial charge in [0.05, 0.1) is 25.4 Å². The average Bonchev–Trinajstić information content (AvgIpc) is 3.22. The molecule has 0 aromatic heterocycles.